The average molecular weight is 100 g/mol. The third-order valence-electron chi connectivity index (χ3n) is 0.1000. The molecule has 0 aromatic rings. The predicted octanol–water partition coefficient (Wildman–Crippen LogP) is -1.70. The van der Waals surface area contributed by atoms with Gasteiger partial charge in [-0.05, 0) is 0 Å². The van der Waals surface area contributed by atoms with E-state index in [2.05, 4.69) is 0 Å². The summed E-state index contributed by atoms with van der Waals surface area (Å²) in [6.45, 7) is -0.250. The number of aliphatic hydroxyl groups is 2. The van der Waals surface area contributed by atoms with E-state index < -0.39 is 0 Å². The summed E-state index contributed by atoms with van der Waals surface area (Å²) in [5.41, 5.74) is 0. The summed E-state index contributed by atoms with van der Waals surface area (Å²) in [6.07, 6.45) is 0. The zero-order chi connectivity index (χ0) is 3.41. The highest BCUT2D eigenvalue weighted by molar-refractivity contribution is 4.06. The molecule has 0 spiro atoms. The van der Waals surface area contributed by atoms with Crippen molar-refractivity contribution in [1.82, 2.24) is 0 Å². The van der Waals surface area contributed by atoms with Crippen LogP contribution in [-0.2, 0) is 0 Å². The quantitative estimate of drug-likeness (QED) is 0.412. The van der Waals surface area contributed by atoms with Crippen LogP contribution in [0.3, 0.4) is 0 Å². The van der Waals surface area contributed by atoms with E-state index in [1.165, 1.54) is 0 Å². The van der Waals surface area contributed by atoms with Crippen molar-refractivity contribution < 1.29 is 20.4 Å². The zero-order valence-corrected chi connectivity index (χ0v) is 3.22. The molecule has 0 aromatic heterocycles. The second kappa shape index (κ2) is 21.3. The van der Waals surface area contributed by atoms with E-state index in [0.717, 1.165) is 0 Å². The van der Waals surface area contributed by atoms with Crippen molar-refractivity contribution in [2.75, 3.05) is 13.2 Å². The largest absolute Gasteiger partial charge is 0.412 e. The van der Waals surface area contributed by atoms with Crippen LogP contribution in [0.4, 0.5) is 4.70 Å². The summed E-state index contributed by atoms with van der Waals surface area (Å²) < 4.78 is 0. The molecular weight excluding hydrogens is 91.0 g/mol. The lowest BCUT2D eigenvalue weighted by Gasteiger charge is -1.70. The van der Waals surface area contributed by atoms with E-state index in [9.17, 15) is 0 Å². The normalized spacial score (nSPS) is 5.00. The summed E-state index contributed by atoms with van der Waals surface area (Å²) in [4.78, 5) is 0. The first-order valence-electron chi connectivity index (χ1n) is 1.13. The Labute approximate surface area is 34.9 Å². The van der Waals surface area contributed by atoms with Gasteiger partial charge in [0.15, 0.2) is 0 Å². The maximum Gasteiger partial charge on any atom is 0.0662 e. The molecule has 0 saturated carbocycles. The molecule has 0 rings (SSSR count). The van der Waals surface area contributed by atoms with Crippen molar-refractivity contribution in [3.63, 3.8) is 0 Å². The van der Waals surface area contributed by atoms with Gasteiger partial charge in [0.25, 0.3) is 0 Å². The first kappa shape index (κ1) is 17.0. The van der Waals surface area contributed by atoms with E-state index in [-0.39, 0.29) is 23.4 Å². The van der Waals surface area contributed by atoms with Gasteiger partial charge < -0.3 is 15.7 Å². The number of halogens is 1. The van der Waals surface area contributed by atoms with Gasteiger partial charge in [-0.2, -0.15) is 0 Å². The minimum atomic E-state index is -0.125. The van der Waals surface area contributed by atoms with Gasteiger partial charge >= 0.3 is 0 Å². The maximum absolute atomic E-state index is 7.62. The SMILES string of the molecule is F.O.OCCO. The molecule has 3 nitrogen and oxygen atoms in total. The van der Waals surface area contributed by atoms with Gasteiger partial charge in [-0.25, -0.2) is 0 Å². The van der Waals surface area contributed by atoms with E-state index in [1.54, 1.807) is 0 Å². The maximum atomic E-state index is 7.62. The third kappa shape index (κ3) is 45.9. The molecule has 0 radical (unpaired) electrons. The Morgan fingerprint density at radius 1 is 1.00 bits per heavy atom. The molecule has 0 amide bonds. The van der Waals surface area contributed by atoms with Crippen LogP contribution in [0.25, 0.3) is 0 Å². The fourth-order valence-corrected chi connectivity index (χ4v) is 0. The van der Waals surface area contributed by atoms with Crippen LogP contribution in [0, 0.1) is 0 Å². The molecule has 0 bridgehead atoms. The summed E-state index contributed by atoms with van der Waals surface area (Å²) >= 11 is 0. The fourth-order valence-electron chi connectivity index (χ4n) is 0. The lowest BCUT2D eigenvalue weighted by atomic mass is 10.8. The zero-order valence-electron chi connectivity index (χ0n) is 3.22. The first-order valence-corrected chi connectivity index (χ1v) is 1.13. The number of hydrogen-bond donors (Lipinski definition) is 2. The third-order valence-corrected chi connectivity index (χ3v) is 0.1000. The Morgan fingerprint density at radius 3 is 1.17 bits per heavy atom. The van der Waals surface area contributed by atoms with Gasteiger partial charge in [-0.15, -0.1) is 0 Å². The van der Waals surface area contributed by atoms with Gasteiger partial charge in [0.05, 0.1) is 13.2 Å². The molecule has 0 aromatic carbocycles. The summed E-state index contributed by atoms with van der Waals surface area (Å²) in [5.74, 6) is 0. The second-order valence-corrected chi connectivity index (χ2v) is 0.447. The van der Waals surface area contributed by atoms with E-state index in [4.69, 9.17) is 10.2 Å². The van der Waals surface area contributed by atoms with Crippen molar-refractivity contribution in [2.24, 2.45) is 0 Å². The molecule has 0 fully saturated rings. The Hall–Kier alpha value is -0.190. The molecular formula is C2H9FO3. The van der Waals surface area contributed by atoms with Gasteiger partial charge in [0, 0.05) is 0 Å². The van der Waals surface area contributed by atoms with Crippen LogP contribution >= 0.6 is 0 Å². The minimum absolute atomic E-state index is 0. The number of hydrogen-bond acceptors (Lipinski definition) is 2. The molecule has 42 valence electrons. The van der Waals surface area contributed by atoms with Crippen LogP contribution < -0.4 is 0 Å². The monoisotopic (exact) mass is 100 g/mol. The van der Waals surface area contributed by atoms with Gasteiger partial charge in [0.1, 0.15) is 0 Å². The van der Waals surface area contributed by atoms with Crippen molar-refractivity contribution in [1.29, 1.82) is 0 Å². The van der Waals surface area contributed by atoms with Crippen LogP contribution in [0.2, 0.25) is 0 Å². The lowest BCUT2D eigenvalue weighted by Crippen LogP contribution is -1.85. The van der Waals surface area contributed by atoms with Crippen LogP contribution in [0.5, 0.6) is 0 Å². The van der Waals surface area contributed by atoms with Crippen LogP contribution in [-0.4, -0.2) is 28.9 Å². The Morgan fingerprint density at radius 2 is 1.17 bits per heavy atom. The van der Waals surface area contributed by atoms with Gasteiger partial charge in [-0.1, -0.05) is 0 Å². The fraction of sp³-hybridized carbons (Fsp3) is 1.00. The van der Waals surface area contributed by atoms with Crippen molar-refractivity contribution in [3.8, 4) is 0 Å². The number of aliphatic hydroxyl groups excluding tert-OH is 2. The molecule has 0 aliphatic carbocycles. The predicted molar refractivity (Wildman–Crippen MR) is 20.3 cm³/mol. The standard InChI is InChI=1S/C2H6O2.FH.H2O/c3-1-2-4;;/h3-4H,1-2H2;1H;1H2. The molecule has 0 aliphatic rings. The van der Waals surface area contributed by atoms with E-state index in [1.807, 2.05) is 0 Å². The molecule has 4 N–H and O–H groups in total. The Bertz CT molecular complexity index is 10.8. The molecule has 0 heterocycles. The van der Waals surface area contributed by atoms with Crippen LogP contribution in [0.15, 0.2) is 0 Å². The van der Waals surface area contributed by atoms with E-state index in [0.29, 0.717) is 0 Å². The minimum Gasteiger partial charge on any atom is -0.412 e. The van der Waals surface area contributed by atoms with Gasteiger partial charge in [0.2, 0.25) is 0 Å². The summed E-state index contributed by atoms with van der Waals surface area (Å²) in [6, 6.07) is 0. The van der Waals surface area contributed by atoms with Crippen LogP contribution in [0.1, 0.15) is 0 Å². The van der Waals surface area contributed by atoms with Crippen molar-refractivity contribution in [3.05, 3.63) is 0 Å². The Balaban J connectivity index is -0.0000000450. The molecule has 6 heavy (non-hydrogen) atoms. The van der Waals surface area contributed by atoms with Gasteiger partial charge in [-0.3, -0.25) is 4.70 Å². The molecule has 0 saturated heterocycles. The smallest absolute Gasteiger partial charge is 0.0662 e. The average Bonchev–Trinajstić information content (AvgIpc) is 1.37. The topological polar surface area (TPSA) is 72.0 Å². The Kier molecular flexibility index (Phi) is 60.5. The summed E-state index contributed by atoms with van der Waals surface area (Å²) in [7, 11) is 0. The molecule has 0 unspecified atom stereocenters. The highest BCUT2D eigenvalue weighted by Gasteiger charge is 1.58. The second-order valence-electron chi connectivity index (χ2n) is 0.447. The lowest BCUT2D eigenvalue weighted by molar-refractivity contribution is 0.186. The molecule has 0 atom stereocenters. The highest BCUT2D eigenvalue weighted by atomic mass is 19.0. The highest BCUT2D eigenvalue weighted by Crippen LogP contribution is 1.39. The van der Waals surface area contributed by atoms with Crippen molar-refractivity contribution in [2.45, 2.75) is 0 Å². The van der Waals surface area contributed by atoms with Crippen molar-refractivity contribution >= 4 is 0 Å². The molecule has 0 aliphatic heterocycles. The first-order chi connectivity index (χ1) is 1.91. The van der Waals surface area contributed by atoms with E-state index >= 15 is 0 Å². The number of rotatable bonds is 1. The summed E-state index contributed by atoms with van der Waals surface area (Å²) in [5, 5.41) is 15.2. The molecule has 4 heteroatoms.